The maximum absolute atomic E-state index is 6.11. The largest absolute Gasteiger partial charge is 0.375 e. The summed E-state index contributed by atoms with van der Waals surface area (Å²) in [5, 5.41) is 0. The molecule has 0 aliphatic rings. The highest BCUT2D eigenvalue weighted by Crippen LogP contribution is 2.24. The Hall–Kier alpha value is -0.0800. The quantitative estimate of drug-likeness (QED) is 0.630. The van der Waals surface area contributed by atoms with Gasteiger partial charge in [0.15, 0.2) is 0 Å². The highest BCUT2D eigenvalue weighted by atomic mass is 16.5. The van der Waals surface area contributed by atoms with Crippen LogP contribution in [0.2, 0.25) is 0 Å². The van der Waals surface area contributed by atoms with E-state index in [-0.39, 0.29) is 0 Å². The van der Waals surface area contributed by atoms with Gasteiger partial charge >= 0.3 is 0 Å². The summed E-state index contributed by atoms with van der Waals surface area (Å²) in [6.07, 6.45) is 6.50. The molecule has 0 aromatic rings. The molecule has 0 aliphatic heterocycles. The third-order valence-corrected chi connectivity index (χ3v) is 3.98. The minimum atomic E-state index is 0.377. The van der Waals surface area contributed by atoms with Crippen molar-refractivity contribution in [3.63, 3.8) is 0 Å². The van der Waals surface area contributed by atoms with Crippen LogP contribution in [0.4, 0.5) is 0 Å². The van der Waals surface area contributed by atoms with Crippen molar-refractivity contribution in [3.8, 4) is 0 Å². The first kappa shape index (κ1) is 16.9. The van der Waals surface area contributed by atoms with E-state index < -0.39 is 0 Å². The van der Waals surface area contributed by atoms with Gasteiger partial charge in [0.25, 0.3) is 0 Å². The third kappa shape index (κ3) is 7.77. The van der Waals surface area contributed by atoms with Crippen LogP contribution in [0.5, 0.6) is 0 Å². The lowest BCUT2D eigenvalue weighted by Crippen LogP contribution is -2.24. The fourth-order valence-corrected chi connectivity index (χ4v) is 2.06. The minimum Gasteiger partial charge on any atom is -0.375 e. The summed E-state index contributed by atoms with van der Waals surface area (Å²) < 4.78 is 6.11. The molecule has 0 aliphatic carbocycles. The molecule has 0 aromatic heterocycles. The van der Waals surface area contributed by atoms with Crippen LogP contribution in [0.15, 0.2) is 0 Å². The lowest BCUT2D eigenvalue weighted by molar-refractivity contribution is -0.0235. The fraction of sp³-hybridized carbons (Fsp3) is 1.00. The van der Waals surface area contributed by atoms with E-state index in [2.05, 4.69) is 34.6 Å². The van der Waals surface area contributed by atoms with Gasteiger partial charge in [0.1, 0.15) is 0 Å². The van der Waals surface area contributed by atoms with Crippen molar-refractivity contribution in [3.05, 3.63) is 0 Å². The predicted octanol–water partition coefficient (Wildman–Crippen LogP) is 3.98. The Labute approximate surface area is 108 Å². The molecule has 17 heavy (non-hydrogen) atoms. The second kappa shape index (κ2) is 9.90. The molecule has 0 saturated heterocycles. The first-order valence-electron chi connectivity index (χ1n) is 7.40. The Morgan fingerprint density at radius 2 is 1.65 bits per heavy atom. The summed E-state index contributed by atoms with van der Waals surface area (Å²) in [5.41, 5.74) is 5.60. The highest BCUT2D eigenvalue weighted by molar-refractivity contribution is 4.69. The van der Waals surface area contributed by atoms with Crippen molar-refractivity contribution < 1.29 is 4.74 Å². The van der Waals surface area contributed by atoms with E-state index in [1.807, 2.05) is 0 Å². The maximum atomic E-state index is 6.11. The SMILES string of the molecule is CCC(C)OC(CCCN)CC(C)C(C)CC. The van der Waals surface area contributed by atoms with E-state index in [0.717, 1.165) is 37.6 Å². The second-order valence-corrected chi connectivity index (χ2v) is 5.51. The zero-order chi connectivity index (χ0) is 13.3. The van der Waals surface area contributed by atoms with Crippen molar-refractivity contribution in [1.82, 2.24) is 0 Å². The van der Waals surface area contributed by atoms with Crippen LogP contribution in [-0.4, -0.2) is 18.8 Å². The molecular formula is C15H33NO. The van der Waals surface area contributed by atoms with E-state index in [1.165, 1.54) is 12.8 Å². The summed E-state index contributed by atoms with van der Waals surface area (Å²) in [7, 11) is 0. The van der Waals surface area contributed by atoms with Gasteiger partial charge in [-0.2, -0.15) is 0 Å². The summed E-state index contributed by atoms with van der Waals surface area (Å²) in [5.74, 6) is 1.53. The van der Waals surface area contributed by atoms with Gasteiger partial charge in [-0.05, 0) is 51.0 Å². The highest BCUT2D eigenvalue weighted by Gasteiger charge is 2.18. The molecule has 0 aromatic carbocycles. The summed E-state index contributed by atoms with van der Waals surface area (Å²) in [6.45, 7) is 12.1. The van der Waals surface area contributed by atoms with E-state index in [0.29, 0.717) is 12.2 Å². The van der Waals surface area contributed by atoms with Gasteiger partial charge in [-0.25, -0.2) is 0 Å². The van der Waals surface area contributed by atoms with Gasteiger partial charge in [-0.1, -0.05) is 34.1 Å². The normalized spacial score (nSPS) is 18.7. The van der Waals surface area contributed by atoms with Crippen molar-refractivity contribution in [1.29, 1.82) is 0 Å². The molecule has 0 fully saturated rings. The van der Waals surface area contributed by atoms with Crippen LogP contribution in [0.1, 0.15) is 66.7 Å². The van der Waals surface area contributed by atoms with Gasteiger partial charge < -0.3 is 10.5 Å². The van der Waals surface area contributed by atoms with Gasteiger partial charge in [0, 0.05) is 0 Å². The van der Waals surface area contributed by atoms with Gasteiger partial charge in [-0.3, -0.25) is 0 Å². The topological polar surface area (TPSA) is 35.2 Å². The zero-order valence-corrected chi connectivity index (χ0v) is 12.5. The van der Waals surface area contributed by atoms with Gasteiger partial charge in [0.05, 0.1) is 12.2 Å². The summed E-state index contributed by atoms with van der Waals surface area (Å²) in [4.78, 5) is 0. The van der Waals surface area contributed by atoms with Crippen LogP contribution in [-0.2, 0) is 4.74 Å². The van der Waals surface area contributed by atoms with E-state index in [1.54, 1.807) is 0 Å². The second-order valence-electron chi connectivity index (χ2n) is 5.51. The average molecular weight is 243 g/mol. The first-order chi connectivity index (χ1) is 8.04. The molecule has 0 radical (unpaired) electrons. The van der Waals surface area contributed by atoms with E-state index in [4.69, 9.17) is 10.5 Å². The number of rotatable bonds is 10. The number of hydrogen-bond donors (Lipinski definition) is 1. The molecule has 0 amide bonds. The first-order valence-corrected chi connectivity index (χ1v) is 7.40. The minimum absolute atomic E-state index is 0.377. The van der Waals surface area contributed by atoms with Gasteiger partial charge in [0.2, 0.25) is 0 Å². The fourth-order valence-electron chi connectivity index (χ4n) is 2.06. The molecule has 4 atom stereocenters. The number of ether oxygens (including phenoxy) is 1. The molecule has 0 spiro atoms. The van der Waals surface area contributed by atoms with Crippen LogP contribution >= 0.6 is 0 Å². The zero-order valence-electron chi connectivity index (χ0n) is 12.5. The predicted molar refractivity (Wildman–Crippen MR) is 76.2 cm³/mol. The van der Waals surface area contributed by atoms with Crippen molar-refractivity contribution >= 4 is 0 Å². The van der Waals surface area contributed by atoms with Crippen molar-refractivity contribution in [2.45, 2.75) is 78.9 Å². The van der Waals surface area contributed by atoms with E-state index in [9.17, 15) is 0 Å². The Bertz CT molecular complexity index is 172. The van der Waals surface area contributed by atoms with Crippen LogP contribution < -0.4 is 5.73 Å². The summed E-state index contributed by atoms with van der Waals surface area (Å²) >= 11 is 0. The van der Waals surface area contributed by atoms with Crippen molar-refractivity contribution in [2.24, 2.45) is 17.6 Å². The average Bonchev–Trinajstić information content (AvgIpc) is 2.34. The standard InChI is InChI=1S/C15H33NO/c1-6-12(3)13(4)11-15(9-8-10-16)17-14(5)7-2/h12-15H,6-11,16H2,1-5H3. The summed E-state index contributed by atoms with van der Waals surface area (Å²) in [6, 6.07) is 0. The molecule has 0 bridgehead atoms. The lowest BCUT2D eigenvalue weighted by Gasteiger charge is -2.27. The van der Waals surface area contributed by atoms with Gasteiger partial charge in [-0.15, -0.1) is 0 Å². The number of hydrogen-bond acceptors (Lipinski definition) is 2. The maximum Gasteiger partial charge on any atom is 0.0581 e. The molecule has 0 heterocycles. The molecule has 104 valence electrons. The Morgan fingerprint density at radius 1 is 1.00 bits per heavy atom. The Balaban J connectivity index is 4.16. The van der Waals surface area contributed by atoms with Crippen LogP contribution in [0.3, 0.4) is 0 Å². The molecule has 0 rings (SSSR count). The molecule has 2 nitrogen and oxygen atoms in total. The third-order valence-electron chi connectivity index (χ3n) is 3.98. The monoisotopic (exact) mass is 243 g/mol. The smallest absolute Gasteiger partial charge is 0.0581 e. The molecule has 4 unspecified atom stereocenters. The Kier molecular flexibility index (Phi) is 9.85. The molecular weight excluding hydrogens is 210 g/mol. The molecule has 0 saturated carbocycles. The lowest BCUT2D eigenvalue weighted by atomic mass is 9.87. The Morgan fingerprint density at radius 3 is 2.12 bits per heavy atom. The van der Waals surface area contributed by atoms with Crippen molar-refractivity contribution in [2.75, 3.05) is 6.54 Å². The molecule has 2 N–H and O–H groups in total. The van der Waals surface area contributed by atoms with Crippen LogP contribution in [0.25, 0.3) is 0 Å². The number of nitrogens with two attached hydrogens (primary N) is 1. The molecule has 2 heteroatoms. The van der Waals surface area contributed by atoms with E-state index >= 15 is 0 Å². The van der Waals surface area contributed by atoms with Crippen LogP contribution in [0, 0.1) is 11.8 Å².